The van der Waals surface area contributed by atoms with Crippen LogP contribution < -0.4 is 4.72 Å². The van der Waals surface area contributed by atoms with Gasteiger partial charge < -0.3 is 5.11 Å². The zero-order valence-electron chi connectivity index (χ0n) is 10.9. The molecule has 0 radical (unpaired) electrons. The zero-order valence-corrected chi connectivity index (χ0v) is 12.5. The van der Waals surface area contributed by atoms with Gasteiger partial charge in [-0.05, 0) is 38.1 Å². The van der Waals surface area contributed by atoms with Crippen molar-refractivity contribution in [2.75, 3.05) is 4.72 Å². The standard InChI is InChI=1S/C13H13NO4S2/c1-8-3-5-11(10(7-8)13(15)16)14-20(17,18)12-6-4-9(2)19-12/h3-7,14H,1-2H3,(H,15,16). The van der Waals surface area contributed by atoms with E-state index in [-0.39, 0.29) is 15.5 Å². The molecule has 0 saturated heterocycles. The lowest BCUT2D eigenvalue weighted by atomic mass is 10.1. The fraction of sp³-hybridized carbons (Fsp3) is 0.154. The van der Waals surface area contributed by atoms with Gasteiger partial charge in [0.2, 0.25) is 0 Å². The monoisotopic (exact) mass is 311 g/mol. The largest absolute Gasteiger partial charge is 0.478 e. The molecule has 1 aromatic heterocycles. The molecule has 1 heterocycles. The third-order valence-electron chi connectivity index (χ3n) is 2.63. The molecular weight excluding hydrogens is 298 g/mol. The van der Waals surface area contributed by atoms with E-state index >= 15 is 0 Å². The molecule has 0 aliphatic heterocycles. The number of anilines is 1. The summed E-state index contributed by atoms with van der Waals surface area (Å²) in [5.41, 5.74) is 0.744. The van der Waals surface area contributed by atoms with Gasteiger partial charge in [-0.15, -0.1) is 11.3 Å². The smallest absolute Gasteiger partial charge is 0.337 e. The number of hydrogen-bond donors (Lipinski definition) is 2. The molecule has 2 N–H and O–H groups in total. The predicted molar refractivity (Wildman–Crippen MR) is 78.0 cm³/mol. The van der Waals surface area contributed by atoms with Gasteiger partial charge in [0.25, 0.3) is 10.0 Å². The van der Waals surface area contributed by atoms with Crippen molar-refractivity contribution >= 4 is 33.0 Å². The Morgan fingerprint density at radius 3 is 2.45 bits per heavy atom. The lowest BCUT2D eigenvalue weighted by molar-refractivity contribution is 0.0698. The van der Waals surface area contributed by atoms with Crippen LogP contribution in [0.15, 0.2) is 34.5 Å². The molecule has 0 spiro atoms. The minimum atomic E-state index is -3.76. The number of carbonyl (C=O) groups is 1. The average Bonchev–Trinajstić information content (AvgIpc) is 2.78. The summed E-state index contributed by atoms with van der Waals surface area (Å²) in [4.78, 5) is 12.0. The normalized spacial score (nSPS) is 11.3. The van der Waals surface area contributed by atoms with E-state index in [1.54, 1.807) is 26.0 Å². The van der Waals surface area contributed by atoms with E-state index in [0.29, 0.717) is 0 Å². The second kappa shape index (κ2) is 5.26. The molecule has 20 heavy (non-hydrogen) atoms. The van der Waals surface area contributed by atoms with Gasteiger partial charge in [-0.25, -0.2) is 13.2 Å². The number of sulfonamides is 1. The Hall–Kier alpha value is -1.86. The van der Waals surface area contributed by atoms with E-state index in [1.807, 2.05) is 0 Å². The van der Waals surface area contributed by atoms with Crippen LogP contribution in [0, 0.1) is 13.8 Å². The van der Waals surface area contributed by atoms with Crippen LogP contribution in [0.5, 0.6) is 0 Å². The summed E-state index contributed by atoms with van der Waals surface area (Å²) < 4.78 is 26.8. The first-order valence-corrected chi connectivity index (χ1v) is 8.03. The minimum absolute atomic E-state index is 0.0640. The van der Waals surface area contributed by atoms with Crippen molar-refractivity contribution in [3.63, 3.8) is 0 Å². The summed E-state index contributed by atoms with van der Waals surface area (Å²) >= 11 is 1.13. The summed E-state index contributed by atoms with van der Waals surface area (Å²) in [5.74, 6) is -1.17. The van der Waals surface area contributed by atoms with Gasteiger partial charge in [0, 0.05) is 4.88 Å². The molecule has 0 aliphatic rings. The number of benzene rings is 1. The van der Waals surface area contributed by atoms with E-state index in [4.69, 9.17) is 5.11 Å². The molecule has 5 nitrogen and oxygen atoms in total. The van der Waals surface area contributed by atoms with Crippen molar-refractivity contribution < 1.29 is 18.3 Å². The number of rotatable bonds is 4. The Bertz CT molecular complexity index is 762. The van der Waals surface area contributed by atoms with Gasteiger partial charge in [0.15, 0.2) is 0 Å². The van der Waals surface area contributed by atoms with Crippen LogP contribution in [0.3, 0.4) is 0 Å². The van der Waals surface area contributed by atoms with Crippen LogP contribution in [0.25, 0.3) is 0 Å². The van der Waals surface area contributed by atoms with E-state index in [1.165, 1.54) is 18.2 Å². The molecule has 0 fully saturated rings. The first-order valence-electron chi connectivity index (χ1n) is 5.73. The van der Waals surface area contributed by atoms with Gasteiger partial charge in [-0.3, -0.25) is 4.72 Å². The molecule has 0 unspecified atom stereocenters. The van der Waals surface area contributed by atoms with E-state index in [0.717, 1.165) is 21.8 Å². The molecule has 7 heteroatoms. The number of nitrogens with one attached hydrogen (secondary N) is 1. The highest BCUT2D eigenvalue weighted by Gasteiger charge is 2.19. The van der Waals surface area contributed by atoms with Gasteiger partial charge in [-0.2, -0.15) is 0 Å². The highest BCUT2D eigenvalue weighted by molar-refractivity contribution is 7.94. The van der Waals surface area contributed by atoms with Crippen LogP contribution in [-0.4, -0.2) is 19.5 Å². The van der Waals surface area contributed by atoms with E-state index in [9.17, 15) is 13.2 Å². The first kappa shape index (κ1) is 14.5. The van der Waals surface area contributed by atoms with Crippen molar-refractivity contribution in [3.8, 4) is 0 Å². The second-order valence-electron chi connectivity index (χ2n) is 4.32. The predicted octanol–water partition coefficient (Wildman–Crippen LogP) is 2.86. The quantitative estimate of drug-likeness (QED) is 0.909. The van der Waals surface area contributed by atoms with Crippen LogP contribution in [0.1, 0.15) is 20.8 Å². The Kier molecular flexibility index (Phi) is 3.82. The Labute approximate surface area is 120 Å². The number of hydrogen-bond acceptors (Lipinski definition) is 4. The maximum Gasteiger partial charge on any atom is 0.337 e. The fourth-order valence-electron chi connectivity index (χ4n) is 1.68. The summed E-state index contributed by atoms with van der Waals surface area (Å²) in [7, 11) is -3.76. The third-order valence-corrected chi connectivity index (χ3v) is 5.49. The molecular formula is C13H13NO4S2. The maximum absolute atomic E-state index is 12.2. The lowest BCUT2D eigenvalue weighted by Crippen LogP contribution is -2.14. The highest BCUT2D eigenvalue weighted by atomic mass is 32.2. The van der Waals surface area contributed by atoms with Crippen LogP contribution in [0.4, 0.5) is 5.69 Å². The molecule has 0 bridgehead atoms. The fourth-order valence-corrected chi connectivity index (χ4v) is 4.04. The van der Waals surface area contributed by atoms with Crippen molar-refractivity contribution in [1.29, 1.82) is 0 Å². The zero-order chi connectivity index (χ0) is 14.9. The van der Waals surface area contributed by atoms with Crippen molar-refractivity contribution in [2.24, 2.45) is 0 Å². The summed E-state index contributed by atoms with van der Waals surface area (Å²) in [6.07, 6.45) is 0. The van der Waals surface area contributed by atoms with E-state index in [2.05, 4.69) is 4.72 Å². The molecule has 1 aromatic carbocycles. The number of carboxylic acids is 1. The summed E-state index contributed by atoms with van der Waals surface area (Å²) in [5, 5.41) is 9.13. The number of aryl methyl sites for hydroxylation is 2. The number of thiophene rings is 1. The van der Waals surface area contributed by atoms with Crippen molar-refractivity contribution in [2.45, 2.75) is 18.1 Å². The van der Waals surface area contributed by atoms with Gasteiger partial charge in [-0.1, -0.05) is 11.6 Å². The Morgan fingerprint density at radius 1 is 1.20 bits per heavy atom. The SMILES string of the molecule is Cc1ccc(NS(=O)(=O)c2ccc(C)s2)c(C(=O)O)c1. The van der Waals surface area contributed by atoms with Crippen molar-refractivity contribution in [1.82, 2.24) is 0 Å². The number of aromatic carboxylic acids is 1. The van der Waals surface area contributed by atoms with Gasteiger partial charge in [0.05, 0.1) is 11.3 Å². The minimum Gasteiger partial charge on any atom is -0.478 e. The van der Waals surface area contributed by atoms with E-state index < -0.39 is 16.0 Å². The molecule has 106 valence electrons. The van der Waals surface area contributed by atoms with Crippen molar-refractivity contribution in [3.05, 3.63) is 46.3 Å². The Balaban J connectivity index is 2.42. The third kappa shape index (κ3) is 3.00. The lowest BCUT2D eigenvalue weighted by Gasteiger charge is -2.10. The van der Waals surface area contributed by atoms with Crippen LogP contribution >= 0.6 is 11.3 Å². The second-order valence-corrected chi connectivity index (χ2v) is 7.52. The van der Waals surface area contributed by atoms with Gasteiger partial charge >= 0.3 is 5.97 Å². The van der Waals surface area contributed by atoms with Crippen LogP contribution in [-0.2, 0) is 10.0 Å². The molecule has 2 rings (SSSR count). The molecule has 0 atom stereocenters. The topological polar surface area (TPSA) is 83.5 Å². The molecule has 0 saturated carbocycles. The summed E-state index contributed by atoms with van der Waals surface area (Å²) in [6.45, 7) is 3.55. The first-order chi connectivity index (χ1) is 9.29. The Morgan fingerprint density at radius 2 is 1.90 bits per heavy atom. The molecule has 2 aromatic rings. The summed E-state index contributed by atoms with van der Waals surface area (Å²) in [6, 6.07) is 7.74. The molecule has 0 aliphatic carbocycles. The van der Waals surface area contributed by atoms with Crippen LogP contribution in [0.2, 0.25) is 0 Å². The maximum atomic E-state index is 12.2. The number of carboxylic acid groups (broad SMARTS) is 1. The van der Waals surface area contributed by atoms with Gasteiger partial charge in [0.1, 0.15) is 4.21 Å². The highest BCUT2D eigenvalue weighted by Crippen LogP contribution is 2.25. The average molecular weight is 311 g/mol. The molecule has 0 amide bonds.